The second-order valence-corrected chi connectivity index (χ2v) is 14.7. The molecule has 8 heteroatoms. The lowest BCUT2D eigenvalue weighted by atomic mass is 9.90. The summed E-state index contributed by atoms with van der Waals surface area (Å²) >= 11 is 0. The summed E-state index contributed by atoms with van der Waals surface area (Å²) in [7, 11) is 0. The van der Waals surface area contributed by atoms with Crippen LogP contribution in [0.4, 0.5) is 0 Å². The fourth-order valence-electron chi connectivity index (χ4n) is 6.37. The summed E-state index contributed by atoms with van der Waals surface area (Å²) in [6.45, 7) is 6.30. The summed E-state index contributed by atoms with van der Waals surface area (Å²) in [4.78, 5) is 36.5. The van der Waals surface area contributed by atoms with Crippen LogP contribution in [0, 0.1) is 17.8 Å². The molecular weight excluding hydrogens is 620 g/mol. The number of Topliss-reactive ketones (excluding diaryl/α,β-unsaturated/α-hetero) is 1. The molecule has 284 valence electrons. The van der Waals surface area contributed by atoms with Crippen LogP contribution >= 0.6 is 0 Å². The number of rotatable bonds is 31. The van der Waals surface area contributed by atoms with E-state index in [0.717, 1.165) is 44.4 Å². The maximum atomic E-state index is 12.4. The fraction of sp³-hybridized carbons (Fsp3) is 0.829. The van der Waals surface area contributed by atoms with Gasteiger partial charge in [-0.15, -0.1) is 0 Å². The maximum absolute atomic E-state index is 12.4. The van der Waals surface area contributed by atoms with E-state index in [1.807, 2.05) is 12.2 Å². The smallest absolute Gasteiger partial charge is 0.305 e. The van der Waals surface area contributed by atoms with Gasteiger partial charge in [0.05, 0.1) is 12.2 Å². The van der Waals surface area contributed by atoms with E-state index in [4.69, 9.17) is 9.47 Å². The highest BCUT2D eigenvalue weighted by molar-refractivity contribution is 5.84. The lowest BCUT2D eigenvalue weighted by Gasteiger charge is -2.16. The standard InChI is InChI=1S/C41H72O8/c1-4-5-18-24-34(42)28-29-37-36(38(44)30-39(37)45)25-20-16-17-22-27-41(47)49-32-35(43)31-48-40(46)26-21-15-13-11-9-7-6-8-10-12-14-19-23-33(2)3/h16,20,28-29,33-37,39,42-43,45H,4-15,17-19,21-27,30-32H2,1-3H3/b20-16-,29-28+/t34-,35-,36+,37+,39+/m0/s1. The number of aliphatic hydroxyl groups is 3. The molecule has 1 saturated carbocycles. The van der Waals surface area contributed by atoms with E-state index in [9.17, 15) is 29.7 Å². The molecule has 3 N–H and O–H groups in total. The molecule has 8 nitrogen and oxygen atoms in total. The quantitative estimate of drug-likeness (QED) is 0.0374. The Balaban J connectivity index is 2.04. The zero-order valence-electron chi connectivity index (χ0n) is 31.3. The second-order valence-electron chi connectivity index (χ2n) is 14.7. The van der Waals surface area contributed by atoms with E-state index in [1.54, 1.807) is 12.2 Å². The Morgan fingerprint density at radius 2 is 1.29 bits per heavy atom. The van der Waals surface area contributed by atoms with Crippen LogP contribution in [0.5, 0.6) is 0 Å². The minimum absolute atomic E-state index is 0.0322. The molecule has 0 aromatic rings. The van der Waals surface area contributed by atoms with Crippen LogP contribution in [0.2, 0.25) is 0 Å². The van der Waals surface area contributed by atoms with E-state index < -0.39 is 24.3 Å². The number of ether oxygens (including phenoxy) is 2. The monoisotopic (exact) mass is 693 g/mol. The van der Waals surface area contributed by atoms with E-state index in [-0.39, 0.29) is 49.6 Å². The summed E-state index contributed by atoms with van der Waals surface area (Å²) in [5, 5.41) is 30.6. The second kappa shape index (κ2) is 29.7. The molecule has 49 heavy (non-hydrogen) atoms. The Bertz CT molecular complexity index is 913. The van der Waals surface area contributed by atoms with Crippen molar-refractivity contribution in [3.63, 3.8) is 0 Å². The van der Waals surface area contributed by atoms with E-state index >= 15 is 0 Å². The molecule has 0 amide bonds. The van der Waals surface area contributed by atoms with Crippen molar-refractivity contribution >= 4 is 17.7 Å². The Morgan fingerprint density at radius 3 is 1.86 bits per heavy atom. The van der Waals surface area contributed by atoms with E-state index in [1.165, 1.54) is 64.2 Å². The summed E-state index contributed by atoms with van der Waals surface area (Å²) in [6, 6.07) is 0. The first kappa shape index (κ1) is 45.0. The predicted molar refractivity (Wildman–Crippen MR) is 197 cm³/mol. The lowest BCUT2D eigenvalue weighted by molar-refractivity contribution is -0.152. The van der Waals surface area contributed by atoms with Crippen LogP contribution in [-0.4, -0.2) is 64.6 Å². The minimum Gasteiger partial charge on any atom is -0.463 e. The van der Waals surface area contributed by atoms with Gasteiger partial charge in [0.15, 0.2) is 0 Å². The van der Waals surface area contributed by atoms with Crippen LogP contribution in [0.25, 0.3) is 0 Å². The van der Waals surface area contributed by atoms with Crippen molar-refractivity contribution in [1.29, 1.82) is 0 Å². The van der Waals surface area contributed by atoms with Gasteiger partial charge in [-0.1, -0.05) is 141 Å². The summed E-state index contributed by atoms with van der Waals surface area (Å²) in [6.07, 6.45) is 27.4. The van der Waals surface area contributed by atoms with Gasteiger partial charge >= 0.3 is 11.9 Å². The molecule has 0 bridgehead atoms. The molecule has 0 unspecified atom stereocenters. The molecular formula is C41H72O8. The van der Waals surface area contributed by atoms with Crippen molar-refractivity contribution in [3.05, 3.63) is 24.3 Å². The number of hydrogen-bond acceptors (Lipinski definition) is 8. The molecule has 1 fully saturated rings. The lowest BCUT2D eigenvalue weighted by Crippen LogP contribution is -2.25. The predicted octanol–water partition coefficient (Wildman–Crippen LogP) is 8.73. The average molecular weight is 693 g/mol. The van der Waals surface area contributed by atoms with Crippen molar-refractivity contribution in [2.24, 2.45) is 17.8 Å². The van der Waals surface area contributed by atoms with Gasteiger partial charge in [0, 0.05) is 31.1 Å². The zero-order chi connectivity index (χ0) is 36.1. The minimum atomic E-state index is -1.05. The number of unbranched alkanes of at least 4 members (excludes halogenated alkanes) is 14. The molecule has 1 aliphatic carbocycles. The van der Waals surface area contributed by atoms with Crippen LogP contribution in [-0.2, 0) is 23.9 Å². The Hall–Kier alpha value is -2.03. The van der Waals surface area contributed by atoms with E-state index in [2.05, 4.69) is 20.8 Å². The first-order valence-electron chi connectivity index (χ1n) is 19.8. The van der Waals surface area contributed by atoms with Gasteiger partial charge < -0.3 is 24.8 Å². The molecule has 0 aliphatic heterocycles. The van der Waals surface area contributed by atoms with Crippen LogP contribution in [0.3, 0.4) is 0 Å². The average Bonchev–Trinajstić information content (AvgIpc) is 3.34. The van der Waals surface area contributed by atoms with Crippen LogP contribution in [0.15, 0.2) is 24.3 Å². The van der Waals surface area contributed by atoms with Gasteiger partial charge in [0.1, 0.15) is 25.1 Å². The number of ketones is 1. The Labute approximate surface area is 298 Å². The largest absolute Gasteiger partial charge is 0.463 e. The van der Waals surface area contributed by atoms with Gasteiger partial charge in [0.2, 0.25) is 0 Å². The maximum Gasteiger partial charge on any atom is 0.305 e. The third kappa shape index (κ3) is 24.7. The van der Waals surface area contributed by atoms with Gasteiger partial charge in [-0.25, -0.2) is 0 Å². The van der Waals surface area contributed by atoms with Crippen LogP contribution < -0.4 is 0 Å². The van der Waals surface area contributed by atoms with Crippen molar-refractivity contribution in [1.82, 2.24) is 0 Å². The number of hydrogen-bond donors (Lipinski definition) is 3. The Kier molecular flexibility index (Phi) is 27.2. The highest BCUT2D eigenvalue weighted by Gasteiger charge is 2.39. The molecule has 1 aliphatic rings. The fourth-order valence-corrected chi connectivity index (χ4v) is 6.37. The molecule has 1 rings (SSSR count). The number of allylic oxidation sites excluding steroid dienone is 2. The molecule has 0 aromatic heterocycles. The molecule has 0 heterocycles. The summed E-state index contributed by atoms with van der Waals surface area (Å²) < 4.78 is 10.3. The van der Waals surface area contributed by atoms with Gasteiger partial charge in [0.25, 0.3) is 0 Å². The number of carbonyl (C=O) groups is 3. The van der Waals surface area contributed by atoms with Gasteiger partial charge in [-0.05, 0) is 38.0 Å². The zero-order valence-corrected chi connectivity index (χ0v) is 31.3. The topological polar surface area (TPSA) is 130 Å². The van der Waals surface area contributed by atoms with Gasteiger partial charge in [-0.2, -0.15) is 0 Å². The van der Waals surface area contributed by atoms with Crippen LogP contribution in [0.1, 0.15) is 168 Å². The molecule has 0 aromatic carbocycles. The molecule has 0 spiro atoms. The first-order chi connectivity index (χ1) is 23.6. The molecule has 0 saturated heterocycles. The van der Waals surface area contributed by atoms with Crippen molar-refractivity contribution in [3.8, 4) is 0 Å². The molecule has 0 radical (unpaired) electrons. The van der Waals surface area contributed by atoms with Gasteiger partial charge in [-0.3, -0.25) is 14.4 Å². The number of carbonyl (C=O) groups excluding carboxylic acids is 3. The Morgan fingerprint density at radius 1 is 0.755 bits per heavy atom. The van der Waals surface area contributed by atoms with Crippen molar-refractivity contribution < 1.29 is 39.2 Å². The third-order valence-electron chi connectivity index (χ3n) is 9.49. The normalized spacial score (nSPS) is 19.3. The molecule has 5 atom stereocenters. The highest BCUT2D eigenvalue weighted by Crippen LogP contribution is 2.33. The summed E-state index contributed by atoms with van der Waals surface area (Å²) in [5.41, 5.74) is 0. The number of esters is 2. The third-order valence-corrected chi connectivity index (χ3v) is 9.49. The van der Waals surface area contributed by atoms with Crippen molar-refractivity contribution in [2.75, 3.05) is 13.2 Å². The highest BCUT2D eigenvalue weighted by atomic mass is 16.6. The van der Waals surface area contributed by atoms with E-state index in [0.29, 0.717) is 32.1 Å². The summed E-state index contributed by atoms with van der Waals surface area (Å²) in [5.74, 6) is -0.507. The van der Waals surface area contributed by atoms with Crippen molar-refractivity contribution in [2.45, 2.75) is 187 Å². The first-order valence-corrected chi connectivity index (χ1v) is 19.8. The number of aliphatic hydroxyl groups excluding tert-OH is 3. The SMILES string of the molecule is CCCCC[C@H](O)/C=C/[C@H]1[C@H](O)CC(=O)[C@@H]1C/C=C\CCCC(=O)OC[C@@H](O)COC(=O)CCCCCCCCCCCCCCC(C)C.